The van der Waals surface area contributed by atoms with Gasteiger partial charge in [-0.1, -0.05) is 6.92 Å². The van der Waals surface area contributed by atoms with E-state index in [1.54, 1.807) is 0 Å². The predicted molar refractivity (Wildman–Crippen MR) is 56.0 cm³/mol. The van der Waals surface area contributed by atoms with E-state index in [1.807, 2.05) is 0 Å². The van der Waals surface area contributed by atoms with Gasteiger partial charge in [-0.15, -0.1) is 0 Å². The zero-order valence-corrected chi connectivity index (χ0v) is 8.96. The van der Waals surface area contributed by atoms with E-state index in [0.717, 1.165) is 39.0 Å². The molecule has 14 heavy (non-hydrogen) atoms. The van der Waals surface area contributed by atoms with E-state index in [0.29, 0.717) is 17.7 Å². The molecule has 1 N–H and O–H groups in total. The number of nitrogens with one attached hydrogen (secondary N) is 1. The van der Waals surface area contributed by atoms with Gasteiger partial charge in [0.1, 0.15) is 0 Å². The lowest BCUT2D eigenvalue weighted by molar-refractivity contribution is -0.135. The third kappa shape index (κ3) is 2.08. The minimum atomic E-state index is 0.307. The SMILES string of the molecule is C[C@H]1CCN(C(=O)C2CCNCC2)C1. The predicted octanol–water partition coefficient (Wildman–Crippen LogP) is 0.854. The number of piperidine rings is 1. The van der Waals surface area contributed by atoms with Crippen molar-refractivity contribution in [2.45, 2.75) is 26.2 Å². The summed E-state index contributed by atoms with van der Waals surface area (Å²) in [5.41, 5.74) is 0. The third-order valence-corrected chi connectivity index (χ3v) is 3.42. The Morgan fingerprint density at radius 3 is 2.57 bits per heavy atom. The maximum absolute atomic E-state index is 12.0. The lowest BCUT2D eigenvalue weighted by atomic mass is 9.97. The number of nitrogens with zero attached hydrogens (tertiary/aromatic N) is 1. The summed E-state index contributed by atoms with van der Waals surface area (Å²) in [5, 5.41) is 3.30. The highest BCUT2D eigenvalue weighted by Gasteiger charge is 2.29. The zero-order chi connectivity index (χ0) is 9.97. The van der Waals surface area contributed by atoms with E-state index in [-0.39, 0.29) is 0 Å². The van der Waals surface area contributed by atoms with Crippen LogP contribution >= 0.6 is 0 Å². The van der Waals surface area contributed by atoms with E-state index in [9.17, 15) is 4.79 Å². The first-order chi connectivity index (χ1) is 6.77. The van der Waals surface area contributed by atoms with Crippen molar-refractivity contribution in [2.24, 2.45) is 11.8 Å². The van der Waals surface area contributed by atoms with Crippen LogP contribution in [0.3, 0.4) is 0 Å². The molecule has 1 atom stereocenters. The van der Waals surface area contributed by atoms with E-state index >= 15 is 0 Å². The molecule has 0 unspecified atom stereocenters. The molecule has 0 aliphatic carbocycles. The Balaban J connectivity index is 1.87. The van der Waals surface area contributed by atoms with Crippen molar-refractivity contribution >= 4 is 5.91 Å². The topological polar surface area (TPSA) is 32.3 Å². The summed E-state index contributed by atoms with van der Waals surface area (Å²) >= 11 is 0. The van der Waals surface area contributed by atoms with Crippen molar-refractivity contribution in [3.63, 3.8) is 0 Å². The second-order valence-electron chi connectivity index (χ2n) is 4.70. The Morgan fingerprint density at radius 2 is 2.00 bits per heavy atom. The van der Waals surface area contributed by atoms with Crippen molar-refractivity contribution in [1.82, 2.24) is 10.2 Å². The number of likely N-dealkylation sites (tertiary alicyclic amines) is 1. The normalized spacial score (nSPS) is 29.5. The number of hydrogen-bond acceptors (Lipinski definition) is 2. The number of amides is 1. The first kappa shape index (κ1) is 9.97. The number of carbonyl (C=O) groups is 1. The highest BCUT2D eigenvalue weighted by molar-refractivity contribution is 5.79. The number of hydrogen-bond donors (Lipinski definition) is 1. The molecule has 0 saturated carbocycles. The lowest BCUT2D eigenvalue weighted by Gasteiger charge is -2.26. The Hall–Kier alpha value is -0.570. The molecule has 3 heteroatoms. The van der Waals surface area contributed by atoms with E-state index in [2.05, 4.69) is 17.1 Å². The molecule has 0 aromatic heterocycles. The Morgan fingerprint density at radius 1 is 1.29 bits per heavy atom. The van der Waals surface area contributed by atoms with Crippen LogP contribution in [0.1, 0.15) is 26.2 Å². The molecule has 0 aromatic rings. The van der Waals surface area contributed by atoms with E-state index in [1.165, 1.54) is 6.42 Å². The van der Waals surface area contributed by atoms with Gasteiger partial charge in [0.2, 0.25) is 5.91 Å². The van der Waals surface area contributed by atoms with Crippen LogP contribution in [-0.2, 0) is 4.79 Å². The van der Waals surface area contributed by atoms with Gasteiger partial charge in [0, 0.05) is 19.0 Å². The van der Waals surface area contributed by atoms with Gasteiger partial charge in [-0.3, -0.25) is 4.79 Å². The molecule has 0 spiro atoms. The summed E-state index contributed by atoms with van der Waals surface area (Å²) < 4.78 is 0. The second kappa shape index (κ2) is 4.30. The van der Waals surface area contributed by atoms with Gasteiger partial charge < -0.3 is 10.2 Å². The van der Waals surface area contributed by atoms with Gasteiger partial charge in [0.15, 0.2) is 0 Å². The van der Waals surface area contributed by atoms with Crippen molar-refractivity contribution in [3.05, 3.63) is 0 Å². The van der Waals surface area contributed by atoms with Crippen LogP contribution in [0, 0.1) is 11.8 Å². The summed E-state index contributed by atoms with van der Waals surface area (Å²) in [4.78, 5) is 14.1. The molecule has 2 fully saturated rings. The molecule has 3 nitrogen and oxygen atoms in total. The molecular weight excluding hydrogens is 176 g/mol. The summed E-state index contributed by atoms with van der Waals surface area (Å²) in [6.45, 7) is 6.24. The fourth-order valence-electron chi connectivity index (χ4n) is 2.46. The zero-order valence-electron chi connectivity index (χ0n) is 8.96. The molecule has 80 valence electrons. The van der Waals surface area contributed by atoms with Gasteiger partial charge in [-0.25, -0.2) is 0 Å². The van der Waals surface area contributed by atoms with E-state index in [4.69, 9.17) is 0 Å². The molecule has 0 aromatic carbocycles. The van der Waals surface area contributed by atoms with Crippen LogP contribution in [0.4, 0.5) is 0 Å². The second-order valence-corrected chi connectivity index (χ2v) is 4.70. The molecule has 2 rings (SSSR count). The fraction of sp³-hybridized carbons (Fsp3) is 0.909. The van der Waals surface area contributed by atoms with Gasteiger partial charge in [0.05, 0.1) is 0 Å². The molecule has 0 radical (unpaired) electrons. The molecule has 2 aliphatic rings. The standard InChI is InChI=1S/C11H20N2O/c1-9-4-7-13(8-9)11(14)10-2-5-12-6-3-10/h9-10,12H,2-8H2,1H3/t9-/m0/s1. The fourth-order valence-corrected chi connectivity index (χ4v) is 2.46. The van der Waals surface area contributed by atoms with Gasteiger partial charge >= 0.3 is 0 Å². The van der Waals surface area contributed by atoms with Crippen molar-refractivity contribution < 1.29 is 4.79 Å². The van der Waals surface area contributed by atoms with Crippen LogP contribution in [0.15, 0.2) is 0 Å². The molecule has 0 bridgehead atoms. The minimum absolute atomic E-state index is 0.307. The van der Waals surface area contributed by atoms with E-state index < -0.39 is 0 Å². The Labute approximate surface area is 85.8 Å². The summed E-state index contributed by atoms with van der Waals surface area (Å²) in [6.07, 6.45) is 3.25. The van der Waals surface area contributed by atoms with Crippen LogP contribution < -0.4 is 5.32 Å². The van der Waals surface area contributed by atoms with Crippen molar-refractivity contribution in [3.8, 4) is 0 Å². The largest absolute Gasteiger partial charge is 0.342 e. The Kier molecular flexibility index (Phi) is 3.06. The van der Waals surface area contributed by atoms with Gasteiger partial charge in [-0.2, -0.15) is 0 Å². The third-order valence-electron chi connectivity index (χ3n) is 3.42. The maximum atomic E-state index is 12.0. The molecular formula is C11H20N2O. The first-order valence-corrected chi connectivity index (χ1v) is 5.77. The molecule has 2 saturated heterocycles. The highest BCUT2D eigenvalue weighted by Crippen LogP contribution is 2.21. The summed E-state index contributed by atoms with van der Waals surface area (Å²) in [6, 6.07) is 0. The summed E-state index contributed by atoms with van der Waals surface area (Å²) in [5.74, 6) is 1.43. The first-order valence-electron chi connectivity index (χ1n) is 5.77. The monoisotopic (exact) mass is 196 g/mol. The summed E-state index contributed by atoms with van der Waals surface area (Å²) in [7, 11) is 0. The van der Waals surface area contributed by atoms with Gasteiger partial charge in [-0.05, 0) is 38.3 Å². The minimum Gasteiger partial charge on any atom is -0.342 e. The average Bonchev–Trinajstić information content (AvgIpc) is 2.65. The smallest absolute Gasteiger partial charge is 0.225 e. The molecule has 2 heterocycles. The van der Waals surface area contributed by atoms with Crippen LogP contribution in [-0.4, -0.2) is 37.0 Å². The van der Waals surface area contributed by atoms with Crippen molar-refractivity contribution in [1.29, 1.82) is 0 Å². The van der Waals surface area contributed by atoms with Crippen molar-refractivity contribution in [2.75, 3.05) is 26.2 Å². The molecule has 1 amide bonds. The Bertz CT molecular complexity index is 205. The van der Waals surface area contributed by atoms with Gasteiger partial charge in [0.25, 0.3) is 0 Å². The highest BCUT2D eigenvalue weighted by atomic mass is 16.2. The number of carbonyl (C=O) groups excluding carboxylic acids is 1. The van der Waals surface area contributed by atoms with Crippen LogP contribution in [0.5, 0.6) is 0 Å². The average molecular weight is 196 g/mol. The number of rotatable bonds is 1. The lowest BCUT2D eigenvalue weighted by Crippen LogP contribution is -2.39. The quantitative estimate of drug-likeness (QED) is 0.674. The maximum Gasteiger partial charge on any atom is 0.225 e. The van der Waals surface area contributed by atoms with Crippen LogP contribution in [0.25, 0.3) is 0 Å². The van der Waals surface area contributed by atoms with Crippen LogP contribution in [0.2, 0.25) is 0 Å². The molecule has 2 aliphatic heterocycles.